The summed E-state index contributed by atoms with van der Waals surface area (Å²) in [5.74, 6) is -0.271. The van der Waals surface area contributed by atoms with Crippen molar-refractivity contribution in [3.63, 3.8) is 0 Å². The van der Waals surface area contributed by atoms with Crippen LogP contribution in [0.15, 0.2) is 29.4 Å². The van der Waals surface area contributed by atoms with Crippen LogP contribution in [0, 0.1) is 13.8 Å². The number of thiazole rings is 1. The normalized spacial score (nSPS) is 12.4. The average Bonchev–Trinajstić information content (AvgIpc) is 3.21. The Kier molecular flexibility index (Phi) is 5.92. The minimum atomic E-state index is -0.271. The summed E-state index contributed by atoms with van der Waals surface area (Å²) >= 11 is 1.55. The third kappa shape index (κ3) is 4.04. The Balaban J connectivity index is 2.12. The summed E-state index contributed by atoms with van der Waals surface area (Å²) in [5, 5.41) is 4.24. The van der Waals surface area contributed by atoms with Gasteiger partial charge in [0.05, 0.1) is 16.8 Å². The van der Waals surface area contributed by atoms with E-state index in [1.165, 1.54) is 11.1 Å². The summed E-state index contributed by atoms with van der Waals surface area (Å²) in [6.45, 7) is 12.1. The largest absolute Gasteiger partial charge is 0.380 e. The molecule has 0 saturated carbocycles. The highest BCUT2D eigenvalue weighted by Gasteiger charge is 2.15. The summed E-state index contributed by atoms with van der Waals surface area (Å²) in [4.78, 5) is 18.0. The smallest absolute Gasteiger partial charge is 0.297 e. The first kappa shape index (κ1) is 19.5. The molecule has 0 aliphatic carbocycles. The number of ether oxygens (including phenoxy) is 1. The third-order valence-electron chi connectivity index (χ3n) is 4.35. The molecular weight excluding hydrogens is 360 g/mol. The summed E-state index contributed by atoms with van der Waals surface area (Å²) in [5.41, 5.74) is 3.99. The summed E-state index contributed by atoms with van der Waals surface area (Å²) in [6, 6.07) is 6.13. The van der Waals surface area contributed by atoms with Crippen molar-refractivity contribution in [3.8, 4) is 0 Å². The van der Waals surface area contributed by atoms with Gasteiger partial charge in [-0.2, -0.15) is 10.1 Å². The molecule has 0 unspecified atom stereocenters. The maximum Gasteiger partial charge on any atom is 0.297 e. The van der Waals surface area contributed by atoms with Crippen LogP contribution in [0.3, 0.4) is 0 Å². The molecule has 1 aromatic carbocycles. The molecule has 6 nitrogen and oxygen atoms in total. The standard InChI is InChI=1S/C20H26N4O2S/c1-6-26-10-9-23-17-12-14(4)11-15(5)18(17)27-20(23)22-19(25)16-7-8-21-24(16)13(2)3/h7-8,11-13H,6,9-10H2,1-5H3. The van der Waals surface area contributed by atoms with Gasteiger partial charge in [-0.15, -0.1) is 0 Å². The predicted molar refractivity (Wildman–Crippen MR) is 108 cm³/mol. The second kappa shape index (κ2) is 8.19. The zero-order valence-corrected chi connectivity index (χ0v) is 17.3. The Morgan fingerprint density at radius 3 is 2.81 bits per heavy atom. The van der Waals surface area contributed by atoms with Crippen LogP contribution >= 0.6 is 11.3 Å². The van der Waals surface area contributed by atoms with Crippen molar-refractivity contribution in [3.05, 3.63) is 46.0 Å². The van der Waals surface area contributed by atoms with Crippen LogP contribution in [0.1, 0.15) is 48.4 Å². The van der Waals surface area contributed by atoms with Crippen LogP contribution in [0.5, 0.6) is 0 Å². The lowest BCUT2D eigenvalue weighted by atomic mass is 10.1. The summed E-state index contributed by atoms with van der Waals surface area (Å²) in [6.07, 6.45) is 1.64. The van der Waals surface area contributed by atoms with Crippen LogP contribution < -0.4 is 4.80 Å². The van der Waals surface area contributed by atoms with Crippen molar-refractivity contribution in [2.75, 3.05) is 13.2 Å². The highest BCUT2D eigenvalue weighted by molar-refractivity contribution is 7.16. The highest BCUT2D eigenvalue weighted by Crippen LogP contribution is 2.23. The molecule has 0 N–H and O–H groups in total. The van der Waals surface area contributed by atoms with Gasteiger partial charge in [0.2, 0.25) is 0 Å². The fraction of sp³-hybridized carbons (Fsp3) is 0.450. The number of rotatable bonds is 6. The Hall–Kier alpha value is -2.25. The minimum Gasteiger partial charge on any atom is -0.380 e. The highest BCUT2D eigenvalue weighted by atomic mass is 32.1. The average molecular weight is 387 g/mol. The molecule has 0 bridgehead atoms. The molecule has 7 heteroatoms. The van der Waals surface area contributed by atoms with Crippen LogP contribution in [-0.2, 0) is 11.3 Å². The fourth-order valence-electron chi connectivity index (χ4n) is 3.15. The van der Waals surface area contributed by atoms with Crippen molar-refractivity contribution >= 4 is 27.5 Å². The lowest BCUT2D eigenvalue weighted by Gasteiger charge is -2.08. The van der Waals surface area contributed by atoms with Gasteiger partial charge in [0, 0.05) is 25.4 Å². The lowest BCUT2D eigenvalue weighted by molar-refractivity contribution is 0.0984. The van der Waals surface area contributed by atoms with E-state index in [0.717, 1.165) is 10.2 Å². The maximum absolute atomic E-state index is 12.8. The van der Waals surface area contributed by atoms with Crippen molar-refractivity contribution in [2.24, 2.45) is 4.99 Å². The zero-order valence-electron chi connectivity index (χ0n) is 16.5. The Labute approximate surface area is 163 Å². The van der Waals surface area contributed by atoms with E-state index in [-0.39, 0.29) is 11.9 Å². The molecule has 27 heavy (non-hydrogen) atoms. The number of fused-ring (bicyclic) bond motifs is 1. The van der Waals surface area contributed by atoms with Crippen molar-refractivity contribution in [2.45, 2.75) is 47.2 Å². The number of amides is 1. The third-order valence-corrected chi connectivity index (χ3v) is 5.58. The topological polar surface area (TPSA) is 61.4 Å². The van der Waals surface area contributed by atoms with E-state index in [2.05, 4.69) is 40.6 Å². The number of benzene rings is 1. The molecule has 1 amide bonds. The van der Waals surface area contributed by atoms with Gasteiger partial charge < -0.3 is 9.30 Å². The molecule has 3 rings (SSSR count). The minimum absolute atomic E-state index is 0.103. The van der Waals surface area contributed by atoms with E-state index in [9.17, 15) is 4.79 Å². The van der Waals surface area contributed by atoms with Crippen LogP contribution in [0.25, 0.3) is 10.2 Å². The molecule has 0 atom stereocenters. The first-order valence-corrected chi connectivity index (χ1v) is 10.0. The monoisotopic (exact) mass is 386 g/mol. The van der Waals surface area contributed by atoms with E-state index >= 15 is 0 Å². The number of aromatic nitrogens is 3. The molecule has 0 aliphatic heterocycles. The van der Waals surface area contributed by atoms with E-state index in [0.29, 0.717) is 30.3 Å². The molecule has 2 aromatic heterocycles. The molecule has 0 spiro atoms. The van der Waals surface area contributed by atoms with E-state index in [1.54, 1.807) is 28.3 Å². The number of hydrogen-bond acceptors (Lipinski definition) is 4. The summed E-state index contributed by atoms with van der Waals surface area (Å²) in [7, 11) is 0. The molecule has 0 saturated heterocycles. The van der Waals surface area contributed by atoms with Gasteiger partial charge in [-0.1, -0.05) is 17.4 Å². The fourth-order valence-corrected chi connectivity index (χ4v) is 4.26. The Morgan fingerprint density at radius 2 is 2.11 bits per heavy atom. The van der Waals surface area contributed by atoms with Crippen molar-refractivity contribution in [1.82, 2.24) is 14.3 Å². The number of hydrogen-bond donors (Lipinski definition) is 0. The number of aryl methyl sites for hydroxylation is 2. The lowest BCUT2D eigenvalue weighted by Crippen LogP contribution is -2.21. The molecule has 144 valence electrons. The van der Waals surface area contributed by atoms with Crippen LogP contribution in [0.2, 0.25) is 0 Å². The first-order chi connectivity index (χ1) is 12.9. The van der Waals surface area contributed by atoms with Gasteiger partial charge >= 0.3 is 0 Å². The van der Waals surface area contributed by atoms with Crippen molar-refractivity contribution in [1.29, 1.82) is 0 Å². The zero-order chi connectivity index (χ0) is 19.6. The second-order valence-electron chi connectivity index (χ2n) is 6.83. The Bertz CT molecular complexity index is 1030. The summed E-state index contributed by atoms with van der Waals surface area (Å²) < 4.78 is 10.5. The Morgan fingerprint density at radius 1 is 1.33 bits per heavy atom. The molecular formula is C20H26N4O2S. The first-order valence-electron chi connectivity index (χ1n) is 9.23. The SMILES string of the molecule is CCOCCn1c(=NC(=O)c2ccnn2C(C)C)sc2c(C)cc(C)cc21. The number of nitrogens with zero attached hydrogens (tertiary/aromatic N) is 4. The molecule has 0 radical (unpaired) electrons. The number of carbonyl (C=O) groups is 1. The van der Waals surface area contributed by atoms with Gasteiger partial charge in [0.15, 0.2) is 4.80 Å². The molecule has 3 aromatic rings. The second-order valence-corrected chi connectivity index (χ2v) is 7.81. The van der Waals surface area contributed by atoms with Crippen LogP contribution in [-0.4, -0.2) is 33.5 Å². The predicted octanol–water partition coefficient (Wildman–Crippen LogP) is 3.87. The number of carbonyl (C=O) groups excluding carboxylic acids is 1. The van der Waals surface area contributed by atoms with Crippen molar-refractivity contribution < 1.29 is 9.53 Å². The van der Waals surface area contributed by atoms with Gasteiger partial charge in [-0.05, 0) is 57.9 Å². The van der Waals surface area contributed by atoms with E-state index in [4.69, 9.17) is 4.74 Å². The van der Waals surface area contributed by atoms with Gasteiger partial charge in [0.1, 0.15) is 5.69 Å². The van der Waals surface area contributed by atoms with Gasteiger partial charge in [0.25, 0.3) is 5.91 Å². The molecule has 0 fully saturated rings. The van der Waals surface area contributed by atoms with Crippen LogP contribution in [0.4, 0.5) is 0 Å². The van der Waals surface area contributed by atoms with Gasteiger partial charge in [-0.3, -0.25) is 9.48 Å². The van der Waals surface area contributed by atoms with E-state index in [1.807, 2.05) is 20.8 Å². The maximum atomic E-state index is 12.8. The van der Waals surface area contributed by atoms with E-state index < -0.39 is 0 Å². The van der Waals surface area contributed by atoms with Gasteiger partial charge in [-0.25, -0.2) is 0 Å². The molecule has 2 heterocycles. The molecule has 0 aliphatic rings. The quantitative estimate of drug-likeness (QED) is 0.604.